The maximum absolute atomic E-state index is 12.8. The first-order chi connectivity index (χ1) is 14.4. The van der Waals surface area contributed by atoms with Gasteiger partial charge in [-0.15, -0.1) is 0 Å². The van der Waals surface area contributed by atoms with Gasteiger partial charge >= 0.3 is 0 Å². The number of sulfonamides is 1. The third-order valence-corrected chi connectivity index (χ3v) is 9.68. The summed E-state index contributed by atoms with van der Waals surface area (Å²) in [5, 5.41) is 3.68. The molecule has 0 aromatic heterocycles. The zero-order chi connectivity index (χ0) is 20.8. The van der Waals surface area contributed by atoms with Crippen LogP contribution in [0, 0.1) is 17.8 Å². The Kier molecular flexibility index (Phi) is 5.40. The van der Waals surface area contributed by atoms with Crippen LogP contribution < -0.4 is 5.32 Å². The number of rotatable bonds is 6. The lowest BCUT2D eigenvalue weighted by atomic mass is 9.53. The maximum Gasteiger partial charge on any atom is 0.236 e. The molecule has 1 aromatic carbocycles. The Morgan fingerprint density at radius 1 is 0.933 bits per heavy atom. The summed E-state index contributed by atoms with van der Waals surface area (Å²) in [6.45, 7) is 2.13. The smallest absolute Gasteiger partial charge is 0.236 e. The summed E-state index contributed by atoms with van der Waals surface area (Å²) < 4.78 is 27.0. The molecule has 0 radical (unpaired) electrons. The van der Waals surface area contributed by atoms with Crippen LogP contribution in [0.25, 0.3) is 0 Å². The van der Waals surface area contributed by atoms with Gasteiger partial charge in [-0.2, -0.15) is 4.31 Å². The molecular formula is C23H33N3O3S. The van der Waals surface area contributed by atoms with Crippen molar-refractivity contribution in [2.45, 2.75) is 49.8 Å². The monoisotopic (exact) mass is 431 g/mol. The molecule has 164 valence electrons. The van der Waals surface area contributed by atoms with E-state index in [4.69, 9.17) is 0 Å². The summed E-state index contributed by atoms with van der Waals surface area (Å²) in [4.78, 5) is 14.7. The number of hydrogen-bond acceptors (Lipinski definition) is 4. The minimum absolute atomic E-state index is 0.0232. The fraction of sp³-hybridized carbons (Fsp3) is 0.696. The molecule has 6 nitrogen and oxygen atoms in total. The average Bonchev–Trinajstić information content (AvgIpc) is 2.72. The number of amides is 1. The number of benzene rings is 1. The minimum Gasteiger partial charge on any atom is -0.339 e. The number of carbonyl (C=O) groups excluding carboxylic acids is 1. The summed E-state index contributed by atoms with van der Waals surface area (Å²) in [7, 11) is -3.35. The van der Waals surface area contributed by atoms with Gasteiger partial charge in [0, 0.05) is 31.7 Å². The zero-order valence-corrected chi connectivity index (χ0v) is 18.4. The minimum atomic E-state index is -3.35. The molecule has 0 spiro atoms. The zero-order valence-electron chi connectivity index (χ0n) is 17.6. The molecule has 4 bridgehead atoms. The van der Waals surface area contributed by atoms with E-state index in [1.165, 1.54) is 42.8 Å². The average molecular weight is 432 g/mol. The predicted octanol–water partition coefficient (Wildman–Crippen LogP) is 2.22. The molecule has 1 aliphatic heterocycles. The van der Waals surface area contributed by atoms with E-state index in [0.29, 0.717) is 32.7 Å². The van der Waals surface area contributed by atoms with Crippen molar-refractivity contribution in [1.29, 1.82) is 0 Å². The van der Waals surface area contributed by atoms with E-state index in [-0.39, 0.29) is 17.2 Å². The normalized spacial score (nSPS) is 33.7. The molecule has 4 aliphatic carbocycles. The highest BCUT2D eigenvalue weighted by atomic mass is 32.2. The number of piperazine rings is 1. The highest BCUT2D eigenvalue weighted by molar-refractivity contribution is 7.88. The van der Waals surface area contributed by atoms with Gasteiger partial charge in [0.25, 0.3) is 0 Å². The molecule has 0 atom stereocenters. The van der Waals surface area contributed by atoms with Crippen LogP contribution in [-0.4, -0.2) is 61.8 Å². The van der Waals surface area contributed by atoms with Crippen molar-refractivity contribution in [2.24, 2.45) is 17.8 Å². The standard InChI is InChI=1S/C23H33N3O3S/c27-22(16-24-23-13-19-10-20(14-23)12-21(11-19)15-23)25-6-8-26(9-7-25)30(28,29)17-18-4-2-1-3-5-18/h1-5,19-21,24H,6-17H2. The van der Waals surface area contributed by atoms with Crippen molar-refractivity contribution in [2.75, 3.05) is 32.7 Å². The van der Waals surface area contributed by atoms with Crippen molar-refractivity contribution in [3.8, 4) is 0 Å². The summed E-state index contributed by atoms with van der Waals surface area (Å²) >= 11 is 0. The van der Waals surface area contributed by atoms with Crippen molar-refractivity contribution >= 4 is 15.9 Å². The first-order valence-corrected chi connectivity index (χ1v) is 13.1. The molecule has 5 aliphatic rings. The molecule has 1 N–H and O–H groups in total. The fourth-order valence-electron chi connectivity index (χ4n) is 6.79. The number of hydrogen-bond donors (Lipinski definition) is 1. The van der Waals surface area contributed by atoms with Gasteiger partial charge in [0.2, 0.25) is 15.9 Å². The Labute approximate surface area is 180 Å². The molecule has 1 heterocycles. The van der Waals surface area contributed by atoms with Gasteiger partial charge in [-0.1, -0.05) is 30.3 Å². The highest BCUT2D eigenvalue weighted by Gasteiger charge is 2.50. The molecule has 7 heteroatoms. The summed E-state index contributed by atoms with van der Waals surface area (Å²) in [6.07, 6.45) is 7.89. The molecule has 5 fully saturated rings. The fourth-order valence-corrected chi connectivity index (χ4v) is 8.31. The van der Waals surface area contributed by atoms with Gasteiger partial charge in [0.05, 0.1) is 12.3 Å². The van der Waals surface area contributed by atoms with E-state index in [1.54, 1.807) is 0 Å². The van der Waals surface area contributed by atoms with Crippen LogP contribution in [0.2, 0.25) is 0 Å². The van der Waals surface area contributed by atoms with Crippen LogP contribution in [0.15, 0.2) is 30.3 Å². The second-order valence-corrected chi connectivity index (χ2v) is 12.0. The first-order valence-electron chi connectivity index (χ1n) is 11.5. The highest BCUT2D eigenvalue weighted by Crippen LogP contribution is 2.55. The van der Waals surface area contributed by atoms with Crippen LogP contribution in [0.1, 0.15) is 44.1 Å². The van der Waals surface area contributed by atoms with Gasteiger partial charge in [-0.25, -0.2) is 8.42 Å². The van der Waals surface area contributed by atoms with Crippen LogP contribution in [0.5, 0.6) is 0 Å². The molecule has 6 rings (SSSR count). The van der Waals surface area contributed by atoms with Crippen molar-refractivity contribution in [1.82, 2.24) is 14.5 Å². The van der Waals surface area contributed by atoms with Crippen molar-refractivity contribution in [3.05, 3.63) is 35.9 Å². The third-order valence-electron chi connectivity index (χ3n) is 7.83. The Bertz CT molecular complexity index is 843. The molecule has 0 unspecified atom stereocenters. The lowest BCUT2D eigenvalue weighted by molar-refractivity contribution is -0.132. The van der Waals surface area contributed by atoms with Crippen molar-refractivity contribution < 1.29 is 13.2 Å². The maximum atomic E-state index is 12.8. The van der Waals surface area contributed by atoms with E-state index >= 15 is 0 Å². The molecule has 1 saturated heterocycles. The topological polar surface area (TPSA) is 69.7 Å². The van der Waals surface area contributed by atoms with Gasteiger partial charge < -0.3 is 10.2 Å². The molecular weight excluding hydrogens is 398 g/mol. The van der Waals surface area contributed by atoms with Gasteiger partial charge in [-0.05, 0) is 61.8 Å². The van der Waals surface area contributed by atoms with Gasteiger partial charge in [0.15, 0.2) is 0 Å². The quantitative estimate of drug-likeness (QED) is 0.750. The molecule has 30 heavy (non-hydrogen) atoms. The first kappa shape index (κ1) is 20.5. The Hall–Kier alpha value is -1.44. The molecule has 1 aromatic rings. The Morgan fingerprint density at radius 2 is 1.50 bits per heavy atom. The Balaban J connectivity index is 1.12. The van der Waals surface area contributed by atoms with Crippen LogP contribution in [0.4, 0.5) is 0 Å². The van der Waals surface area contributed by atoms with E-state index in [9.17, 15) is 13.2 Å². The second kappa shape index (κ2) is 7.92. The second-order valence-electron chi connectivity index (χ2n) is 10.1. The summed E-state index contributed by atoms with van der Waals surface area (Å²) in [6, 6.07) is 9.29. The van der Waals surface area contributed by atoms with Gasteiger partial charge in [0.1, 0.15) is 0 Å². The van der Waals surface area contributed by atoms with Crippen molar-refractivity contribution in [3.63, 3.8) is 0 Å². The SMILES string of the molecule is O=C(CNC12CC3CC(CC(C3)C1)C2)N1CCN(S(=O)(=O)Cc2ccccc2)CC1. The van der Waals surface area contributed by atoms with E-state index < -0.39 is 10.0 Å². The predicted molar refractivity (Wildman–Crippen MR) is 116 cm³/mol. The van der Waals surface area contributed by atoms with E-state index in [2.05, 4.69) is 5.32 Å². The van der Waals surface area contributed by atoms with E-state index in [0.717, 1.165) is 23.3 Å². The van der Waals surface area contributed by atoms with Crippen LogP contribution >= 0.6 is 0 Å². The van der Waals surface area contributed by atoms with Gasteiger partial charge in [-0.3, -0.25) is 4.79 Å². The summed E-state index contributed by atoms with van der Waals surface area (Å²) in [5.74, 6) is 2.72. The largest absolute Gasteiger partial charge is 0.339 e. The van der Waals surface area contributed by atoms with Crippen LogP contribution in [-0.2, 0) is 20.6 Å². The Morgan fingerprint density at radius 3 is 2.07 bits per heavy atom. The number of nitrogens with zero attached hydrogens (tertiary/aromatic N) is 2. The van der Waals surface area contributed by atoms with Crippen LogP contribution in [0.3, 0.4) is 0 Å². The van der Waals surface area contributed by atoms with E-state index in [1.807, 2.05) is 35.2 Å². The summed E-state index contributed by atoms with van der Waals surface area (Å²) in [5.41, 5.74) is 0.987. The molecule has 4 saturated carbocycles. The number of nitrogens with one attached hydrogen (secondary N) is 1. The third kappa shape index (κ3) is 4.16. The molecule has 1 amide bonds. The number of carbonyl (C=O) groups is 1. The lowest BCUT2D eigenvalue weighted by Crippen LogP contribution is -2.60. The lowest BCUT2D eigenvalue weighted by Gasteiger charge is -2.57.